The summed E-state index contributed by atoms with van der Waals surface area (Å²) in [6, 6.07) is 3.24. The lowest BCUT2D eigenvalue weighted by atomic mass is 9.83. The van der Waals surface area contributed by atoms with Gasteiger partial charge >= 0.3 is 5.97 Å². The van der Waals surface area contributed by atoms with Crippen LogP contribution in [-0.2, 0) is 10.2 Å². The third-order valence-corrected chi connectivity index (χ3v) is 3.07. The fraction of sp³-hybridized carbons (Fsp3) is 0.500. The smallest absolute Gasteiger partial charge is 0.312 e. The molecule has 1 aromatic carbocycles. The molecule has 0 saturated carbocycles. The molecule has 0 radical (unpaired) electrons. The molecule has 0 saturated heterocycles. The minimum absolute atomic E-state index is 0.0221. The third-order valence-electron chi connectivity index (χ3n) is 3.07. The molecule has 0 fully saturated rings. The van der Waals surface area contributed by atoms with E-state index in [1.165, 1.54) is 13.2 Å². The molecule has 0 heterocycles. The van der Waals surface area contributed by atoms with Gasteiger partial charge in [-0.15, -0.1) is 0 Å². The summed E-state index contributed by atoms with van der Waals surface area (Å²) in [4.78, 5) is 11.2. The zero-order chi connectivity index (χ0) is 14.8. The van der Waals surface area contributed by atoms with E-state index in [0.29, 0.717) is 16.9 Å². The van der Waals surface area contributed by atoms with Gasteiger partial charge in [0.05, 0.1) is 13.0 Å². The highest BCUT2D eigenvalue weighted by Crippen LogP contribution is 2.39. The first-order valence-corrected chi connectivity index (χ1v) is 6.06. The maximum absolute atomic E-state index is 11.2. The molecular formula is C14H21NO4. The van der Waals surface area contributed by atoms with Gasteiger partial charge in [0.1, 0.15) is 11.5 Å². The molecule has 0 aliphatic rings. The molecule has 4 N–H and O–H groups in total. The van der Waals surface area contributed by atoms with Crippen LogP contribution >= 0.6 is 0 Å². The lowest BCUT2D eigenvalue weighted by Crippen LogP contribution is -2.22. The number of carbonyl (C=O) groups is 1. The zero-order valence-electron chi connectivity index (χ0n) is 11.7. The number of ether oxygens (including phenoxy) is 1. The summed E-state index contributed by atoms with van der Waals surface area (Å²) in [6.07, 6.45) is 0. The summed E-state index contributed by atoms with van der Waals surface area (Å²) in [5, 5.41) is 19.5. The number of hydrogen-bond donors (Lipinski definition) is 3. The van der Waals surface area contributed by atoms with E-state index in [2.05, 4.69) is 0 Å². The summed E-state index contributed by atoms with van der Waals surface area (Å²) in [7, 11) is 1.50. The average molecular weight is 267 g/mol. The van der Waals surface area contributed by atoms with Gasteiger partial charge in [0, 0.05) is 17.7 Å². The molecule has 5 nitrogen and oxygen atoms in total. The van der Waals surface area contributed by atoms with Crippen LogP contribution in [0, 0.1) is 0 Å². The molecule has 1 aromatic rings. The van der Waals surface area contributed by atoms with Gasteiger partial charge in [-0.1, -0.05) is 20.8 Å². The van der Waals surface area contributed by atoms with E-state index < -0.39 is 11.9 Å². The Kier molecular flexibility index (Phi) is 4.42. The minimum Gasteiger partial charge on any atom is -0.507 e. The molecule has 5 heteroatoms. The van der Waals surface area contributed by atoms with Crippen molar-refractivity contribution in [2.24, 2.45) is 5.73 Å². The second kappa shape index (κ2) is 5.48. The Labute approximate surface area is 113 Å². The van der Waals surface area contributed by atoms with Crippen molar-refractivity contribution in [3.63, 3.8) is 0 Å². The maximum atomic E-state index is 11.2. The van der Waals surface area contributed by atoms with Crippen LogP contribution in [0.5, 0.6) is 11.5 Å². The van der Waals surface area contributed by atoms with Crippen molar-refractivity contribution in [3.05, 3.63) is 23.3 Å². The normalized spacial score (nSPS) is 13.1. The van der Waals surface area contributed by atoms with E-state index in [1.54, 1.807) is 6.07 Å². The number of aliphatic carboxylic acids is 1. The Morgan fingerprint density at radius 1 is 1.42 bits per heavy atom. The monoisotopic (exact) mass is 267 g/mol. The van der Waals surface area contributed by atoms with Crippen molar-refractivity contribution in [3.8, 4) is 11.5 Å². The Morgan fingerprint density at radius 2 is 2.00 bits per heavy atom. The van der Waals surface area contributed by atoms with Crippen LogP contribution in [0.15, 0.2) is 12.1 Å². The van der Waals surface area contributed by atoms with Crippen LogP contribution < -0.4 is 10.5 Å². The molecule has 0 aromatic heterocycles. The van der Waals surface area contributed by atoms with Crippen LogP contribution in [0.2, 0.25) is 0 Å². The fourth-order valence-corrected chi connectivity index (χ4v) is 1.95. The molecule has 1 rings (SSSR count). The minimum atomic E-state index is -1.06. The van der Waals surface area contributed by atoms with Crippen LogP contribution in [0.4, 0.5) is 0 Å². The molecule has 1 atom stereocenters. The van der Waals surface area contributed by atoms with Gasteiger partial charge in [0.25, 0.3) is 0 Å². The number of benzene rings is 1. The van der Waals surface area contributed by atoms with Crippen molar-refractivity contribution in [2.45, 2.75) is 32.1 Å². The number of nitrogens with two attached hydrogens (primary N) is 1. The Bertz CT molecular complexity index is 477. The first-order valence-electron chi connectivity index (χ1n) is 6.06. The lowest BCUT2D eigenvalue weighted by molar-refractivity contribution is -0.138. The van der Waals surface area contributed by atoms with Crippen molar-refractivity contribution < 1.29 is 19.7 Å². The molecular weight excluding hydrogens is 246 g/mol. The molecule has 0 aliphatic heterocycles. The van der Waals surface area contributed by atoms with Gasteiger partial charge in [-0.25, -0.2) is 0 Å². The quantitative estimate of drug-likeness (QED) is 0.774. The third kappa shape index (κ3) is 3.17. The van der Waals surface area contributed by atoms with Gasteiger partial charge < -0.3 is 20.7 Å². The molecule has 0 spiro atoms. The Hall–Kier alpha value is -1.75. The molecule has 19 heavy (non-hydrogen) atoms. The SMILES string of the molecule is COc1cc(C(CN)C(=O)O)c(O)c(C(C)(C)C)c1. The highest BCUT2D eigenvalue weighted by molar-refractivity contribution is 5.78. The van der Waals surface area contributed by atoms with Gasteiger partial charge in [-0.3, -0.25) is 4.79 Å². The topological polar surface area (TPSA) is 92.8 Å². The predicted octanol–water partition coefficient (Wildman–Crippen LogP) is 1.83. The first kappa shape index (κ1) is 15.3. The zero-order valence-corrected chi connectivity index (χ0v) is 11.7. The Balaban J connectivity index is 3.51. The number of carboxylic acid groups (broad SMARTS) is 1. The van der Waals surface area contributed by atoms with E-state index in [4.69, 9.17) is 10.5 Å². The first-order chi connectivity index (χ1) is 8.72. The van der Waals surface area contributed by atoms with Crippen LogP contribution in [0.25, 0.3) is 0 Å². The van der Waals surface area contributed by atoms with E-state index in [-0.39, 0.29) is 17.7 Å². The summed E-state index contributed by atoms with van der Waals surface area (Å²) >= 11 is 0. The second-order valence-electron chi connectivity index (χ2n) is 5.49. The number of phenols is 1. The van der Waals surface area contributed by atoms with Crippen LogP contribution in [0.1, 0.15) is 37.8 Å². The van der Waals surface area contributed by atoms with Crippen molar-refractivity contribution in [1.29, 1.82) is 0 Å². The molecule has 106 valence electrons. The molecule has 0 amide bonds. The van der Waals surface area contributed by atoms with Crippen molar-refractivity contribution >= 4 is 5.97 Å². The number of methoxy groups -OCH3 is 1. The van der Waals surface area contributed by atoms with E-state index in [0.717, 1.165) is 0 Å². The molecule has 0 aliphatic carbocycles. The molecule has 0 bridgehead atoms. The van der Waals surface area contributed by atoms with E-state index in [1.807, 2.05) is 20.8 Å². The summed E-state index contributed by atoms with van der Waals surface area (Å²) in [5.41, 5.74) is 6.10. The number of hydrogen-bond acceptors (Lipinski definition) is 4. The lowest BCUT2D eigenvalue weighted by Gasteiger charge is -2.24. The number of rotatable bonds is 4. The maximum Gasteiger partial charge on any atom is 0.312 e. The van der Waals surface area contributed by atoms with Gasteiger partial charge in [-0.2, -0.15) is 0 Å². The van der Waals surface area contributed by atoms with Crippen molar-refractivity contribution in [2.75, 3.05) is 13.7 Å². The van der Waals surface area contributed by atoms with Gasteiger partial charge in [-0.05, 0) is 17.5 Å². The van der Waals surface area contributed by atoms with E-state index in [9.17, 15) is 15.0 Å². The highest BCUT2D eigenvalue weighted by atomic mass is 16.5. The standard InChI is InChI=1S/C14H21NO4/c1-14(2,3)11-6-8(19-4)5-9(12(11)16)10(7-15)13(17)18/h5-6,10,16H,7,15H2,1-4H3,(H,17,18). The van der Waals surface area contributed by atoms with E-state index >= 15 is 0 Å². The summed E-state index contributed by atoms with van der Waals surface area (Å²) in [5.74, 6) is -1.52. The predicted molar refractivity (Wildman–Crippen MR) is 72.8 cm³/mol. The molecule has 1 unspecified atom stereocenters. The van der Waals surface area contributed by atoms with Crippen molar-refractivity contribution in [1.82, 2.24) is 0 Å². The summed E-state index contributed by atoms with van der Waals surface area (Å²) < 4.78 is 5.18. The number of aromatic hydroxyl groups is 1. The van der Waals surface area contributed by atoms with Gasteiger partial charge in [0.2, 0.25) is 0 Å². The van der Waals surface area contributed by atoms with Gasteiger partial charge in [0.15, 0.2) is 0 Å². The summed E-state index contributed by atoms with van der Waals surface area (Å²) in [6.45, 7) is 5.72. The fourth-order valence-electron chi connectivity index (χ4n) is 1.95. The number of phenolic OH excluding ortho intramolecular Hbond substituents is 1. The van der Waals surface area contributed by atoms with Crippen LogP contribution in [0.3, 0.4) is 0 Å². The number of carboxylic acids is 1. The average Bonchev–Trinajstić information content (AvgIpc) is 2.30. The van der Waals surface area contributed by atoms with Crippen LogP contribution in [-0.4, -0.2) is 29.8 Å². The highest BCUT2D eigenvalue weighted by Gasteiger charge is 2.28. The second-order valence-corrected chi connectivity index (χ2v) is 5.49. The largest absolute Gasteiger partial charge is 0.507 e. The Morgan fingerprint density at radius 3 is 2.37 bits per heavy atom.